The van der Waals surface area contributed by atoms with E-state index in [0.717, 1.165) is 21.8 Å². The fraction of sp³-hybridized carbons (Fsp3) is 0.0476. The van der Waals surface area contributed by atoms with Gasteiger partial charge in [0.25, 0.3) is 5.91 Å². The Balaban J connectivity index is 1.64. The summed E-state index contributed by atoms with van der Waals surface area (Å²) in [5.41, 5.74) is 9.41. The van der Waals surface area contributed by atoms with Crippen LogP contribution in [0.2, 0.25) is 0 Å². The lowest BCUT2D eigenvalue weighted by atomic mass is 10.1. The molecule has 28 heavy (non-hydrogen) atoms. The number of carbonyl (C=O) groups is 1. The maximum atomic E-state index is 13.8. The number of hydrogen-bond acceptors (Lipinski definition) is 4. The van der Waals surface area contributed by atoms with Gasteiger partial charge in [0.15, 0.2) is 0 Å². The number of anilines is 2. The first-order valence-electron chi connectivity index (χ1n) is 8.58. The molecule has 0 saturated heterocycles. The molecule has 0 radical (unpaired) electrons. The SMILES string of the molecule is Cn1nc(-c2ccccc2)cc1-c1sc(C(=O)Nc2ccccc2F)cc1N. The van der Waals surface area contributed by atoms with E-state index in [9.17, 15) is 9.18 Å². The third-order valence-electron chi connectivity index (χ3n) is 4.29. The smallest absolute Gasteiger partial charge is 0.265 e. The van der Waals surface area contributed by atoms with Crippen molar-refractivity contribution in [2.75, 3.05) is 11.1 Å². The topological polar surface area (TPSA) is 72.9 Å². The van der Waals surface area contributed by atoms with Crippen LogP contribution < -0.4 is 11.1 Å². The van der Waals surface area contributed by atoms with Gasteiger partial charge in [0.1, 0.15) is 5.82 Å². The van der Waals surface area contributed by atoms with Crippen molar-refractivity contribution in [1.82, 2.24) is 9.78 Å². The summed E-state index contributed by atoms with van der Waals surface area (Å²) in [7, 11) is 1.83. The highest BCUT2D eigenvalue weighted by Gasteiger charge is 2.19. The van der Waals surface area contributed by atoms with Crippen LogP contribution in [0.25, 0.3) is 21.8 Å². The minimum Gasteiger partial charge on any atom is -0.397 e. The predicted octanol–water partition coefficient (Wildman–Crippen LogP) is 4.79. The Kier molecular flexibility index (Phi) is 4.67. The second-order valence-corrected chi connectivity index (χ2v) is 7.29. The fourth-order valence-corrected chi connectivity index (χ4v) is 3.92. The summed E-state index contributed by atoms with van der Waals surface area (Å²) >= 11 is 1.25. The summed E-state index contributed by atoms with van der Waals surface area (Å²) in [5.74, 6) is -0.891. The van der Waals surface area contributed by atoms with E-state index >= 15 is 0 Å². The van der Waals surface area contributed by atoms with Gasteiger partial charge in [-0.25, -0.2) is 4.39 Å². The van der Waals surface area contributed by atoms with Gasteiger partial charge in [-0.05, 0) is 24.3 Å². The molecule has 0 fully saturated rings. The van der Waals surface area contributed by atoms with Gasteiger partial charge < -0.3 is 11.1 Å². The van der Waals surface area contributed by atoms with Crippen molar-refractivity contribution in [2.45, 2.75) is 0 Å². The molecule has 0 atom stereocenters. The highest BCUT2D eigenvalue weighted by molar-refractivity contribution is 7.18. The van der Waals surface area contributed by atoms with E-state index in [4.69, 9.17) is 5.73 Å². The maximum absolute atomic E-state index is 13.8. The molecule has 4 rings (SSSR count). The molecule has 2 heterocycles. The second kappa shape index (κ2) is 7.28. The largest absolute Gasteiger partial charge is 0.397 e. The van der Waals surface area contributed by atoms with Crippen LogP contribution >= 0.6 is 11.3 Å². The van der Waals surface area contributed by atoms with E-state index in [1.165, 1.54) is 23.5 Å². The Bertz CT molecular complexity index is 1150. The zero-order valence-electron chi connectivity index (χ0n) is 15.0. The van der Waals surface area contributed by atoms with Crippen LogP contribution in [0, 0.1) is 5.82 Å². The number of nitrogen functional groups attached to an aromatic ring is 1. The summed E-state index contributed by atoms with van der Waals surface area (Å²) in [5, 5.41) is 7.13. The molecular formula is C21H17FN4OS. The monoisotopic (exact) mass is 392 g/mol. The Morgan fingerprint density at radius 2 is 1.82 bits per heavy atom. The van der Waals surface area contributed by atoms with Crippen molar-refractivity contribution in [3.05, 3.63) is 77.4 Å². The first-order valence-corrected chi connectivity index (χ1v) is 9.39. The van der Waals surface area contributed by atoms with Crippen molar-refractivity contribution < 1.29 is 9.18 Å². The zero-order chi connectivity index (χ0) is 19.7. The highest BCUT2D eigenvalue weighted by atomic mass is 32.1. The number of carbonyl (C=O) groups excluding carboxylic acids is 1. The van der Waals surface area contributed by atoms with Gasteiger partial charge in [-0.2, -0.15) is 5.10 Å². The summed E-state index contributed by atoms with van der Waals surface area (Å²) in [4.78, 5) is 13.7. The third-order valence-corrected chi connectivity index (χ3v) is 5.46. The van der Waals surface area contributed by atoms with Crippen LogP contribution in [0.15, 0.2) is 66.7 Å². The molecule has 0 saturated carbocycles. The molecular weight excluding hydrogens is 375 g/mol. The molecule has 2 aromatic carbocycles. The van der Waals surface area contributed by atoms with E-state index in [-0.39, 0.29) is 5.69 Å². The van der Waals surface area contributed by atoms with Gasteiger partial charge in [-0.3, -0.25) is 9.48 Å². The quantitative estimate of drug-likeness (QED) is 0.524. The molecule has 4 aromatic rings. The van der Waals surface area contributed by atoms with Crippen molar-refractivity contribution in [1.29, 1.82) is 0 Å². The molecule has 1 amide bonds. The lowest BCUT2D eigenvalue weighted by Gasteiger charge is -2.04. The van der Waals surface area contributed by atoms with Crippen LogP contribution in [-0.4, -0.2) is 15.7 Å². The number of hydrogen-bond donors (Lipinski definition) is 2. The molecule has 0 bridgehead atoms. The zero-order valence-corrected chi connectivity index (χ0v) is 15.8. The van der Waals surface area contributed by atoms with Gasteiger partial charge in [0, 0.05) is 12.6 Å². The third kappa shape index (κ3) is 3.39. The predicted molar refractivity (Wildman–Crippen MR) is 111 cm³/mol. The first kappa shape index (κ1) is 17.9. The number of rotatable bonds is 4. The normalized spacial score (nSPS) is 10.8. The van der Waals surface area contributed by atoms with Gasteiger partial charge in [-0.1, -0.05) is 42.5 Å². The van der Waals surface area contributed by atoms with Crippen molar-refractivity contribution in [3.63, 3.8) is 0 Å². The Labute approximate surface area is 165 Å². The van der Waals surface area contributed by atoms with Crippen molar-refractivity contribution in [2.24, 2.45) is 7.05 Å². The van der Waals surface area contributed by atoms with E-state index in [1.54, 1.807) is 22.9 Å². The van der Waals surface area contributed by atoms with Crippen LogP contribution in [0.4, 0.5) is 15.8 Å². The van der Waals surface area contributed by atoms with Crippen LogP contribution in [0.3, 0.4) is 0 Å². The highest BCUT2D eigenvalue weighted by Crippen LogP contribution is 2.36. The number of nitrogens with zero attached hydrogens (tertiary/aromatic N) is 2. The number of nitrogens with two attached hydrogens (primary N) is 1. The van der Waals surface area contributed by atoms with Gasteiger partial charge in [0.2, 0.25) is 0 Å². The summed E-state index contributed by atoms with van der Waals surface area (Å²) < 4.78 is 15.5. The van der Waals surface area contributed by atoms with Crippen LogP contribution in [-0.2, 0) is 7.05 Å². The van der Waals surface area contributed by atoms with Crippen molar-refractivity contribution in [3.8, 4) is 21.8 Å². The molecule has 0 unspecified atom stereocenters. The molecule has 5 nitrogen and oxygen atoms in total. The van der Waals surface area contributed by atoms with Gasteiger partial charge >= 0.3 is 0 Å². The number of halogens is 1. The van der Waals surface area contributed by atoms with E-state index < -0.39 is 11.7 Å². The van der Waals surface area contributed by atoms with Crippen molar-refractivity contribution >= 4 is 28.6 Å². The standard InChI is InChI=1S/C21H17FN4OS/c1-26-18(12-17(25-26)13-7-3-2-4-8-13)20-15(23)11-19(28-20)21(27)24-16-10-6-5-9-14(16)22/h2-12H,23H2,1H3,(H,24,27). The maximum Gasteiger partial charge on any atom is 0.265 e. The number of thiophene rings is 1. The van der Waals surface area contributed by atoms with Gasteiger partial charge in [-0.15, -0.1) is 11.3 Å². The molecule has 3 N–H and O–H groups in total. The summed E-state index contributed by atoms with van der Waals surface area (Å²) in [6.07, 6.45) is 0. The minimum absolute atomic E-state index is 0.132. The summed E-state index contributed by atoms with van der Waals surface area (Å²) in [6, 6.07) is 19.4. The first-order chi connectivity index (χ1) is 13.5. The second-order valence-electron chi connectivity index (χ2n) is 6.23. The number of aromatic nitrogens is 2. The average molecular weight is 392 g/mol. The number of para-hydroxylation sites is 1. The molecule has 0 spiro atoms. The average Bonchev–Trinajstić information content (AvgIpc) is 3.27. The number of aryl methyl sites for hydroxylation is 1. The molecule has 7 heteroatoms. The molecule has 0 aliphatic rings. The van der Waals surface area contributed by atoms with E-state index in [0.29, 0.717) is 10.6 Å². The lowest BCUT2D eigenvalue weighted by molar-refractivity contribution is 0.103. The molecule has 2 aromatic heterocycles. The fourth-order valence-electron chi connectivity index (χ4n) is 2.89. The number of benzene rings is 2. The van der Waals surface area contributed by atoms with E-state index in [1.807, 2.05) is 43.4 Å². The summed E-state index contributed by atoms with van der Waals surface area (Å²) in [6.45, 7) is 0. The Hall–Kier alpha value is -3.45. The Morgan fingerprint density at radius 3 is 2.57 bits per heavy atom. The molecule has 0 aliphatic heterocycles. The lowest BCUT2D eigenvalue weighted by Crippen LogP contribution is -2.11. The number of amides is 1. The molecule has 0 aliphatic carbocycles. The molecule has 140 valence electrons. The van der Waals surface area contributed by atoms with Crippen LogP contribution in [0.1, 0.15) is 9.67 Å². The van der Waals surface area contributed by atoms with Gasteiger partial charge in [0.05, 0.1) is 32.5 Å². The van der Waals surface area contributed by atoms with Crippen LogP contribution in [0.5, 0.6) is 0 Å². The number of nitrogens with one attached hydrogen (secondary N) is 1. The minimum atomic E-state index is -0.486. The van der Waals surface area contributed by atoms with E-state index in [2.05, 4.69) is 10.4 Å². The Morgan fingerprint density at radius 1 is 1.11 bits per heavy atom.